The van der Waals surface area contributed by atoms with Crippen molar-refractivity contribution in [3.63, 3.8) is 0 Å². The molecular weight excluding hydrogens is 1110 g/mol. The third kappa shape index (κ3) is 12.4. The zero-order chi connectivity index (χ0) is 52.9. The van der Waals surface area contributed by atoms with Gasteiger partial charge in [0.1, 0.15) is 26.9 Å². The van der Waals surface area contributed by atoms with Gasteiger partial charge in [-0.1, -0.05) is 30.1 Å². The average molecular weight is 1140 g/mol. The van der Waals surface area contributed by atoms with Gasteiger partial charge in [0, 0.05) is 25.8 Å². The SMILES string of the molecule is C=C(N=c1ccc2nc3c(Cl)c4c(c(Cl)c3oc-2c1S(=O)(=O)O)Nc1ccc(N(C)CCN(CC)Cc2nc(F)nc(Nc3ccc(S(=O)(=O)CCOS(=O)(=O)O)cc3)n2)c(S(=O)(=O)O)c1O4)OS(O)(O)O. The second-order valence-electron chi connectivity index (χ2n) is 14.9. The van der Waals surface area contributed by atoms with Gasteiger partial charge in [-0.15, -0.1) is 0 Å². The number of aromatic nitrogens is 4. The molecule has 0 bridgehead atoms. The van der Waals surface area contributed by atoms with E-state index in [0.717, 1.165) is 12.1 Å². The summed E-state index contributed by atoms with van der Waals surface area (Å²) in [5, 5.41) is 4.31. The highest BCUT2D eigenvalue weighted by atomic mass is 35.5. The van der Waals surface area contributed by atoms with E-state index < -0.39 is 103 Å². The number of sulfone groups is 1. The van der Waals surface area contributed by atoms with Crippen LogP contribution in [0, 0.1) is 6.08 Å². The maximum absolute atomic E-state index is 14.7. The van der Waals surface area contributed by atoms with Crippen LogP contribution < -0.4 is 25.6 Å². The van der Waals surface area contributed by atoms with Crippen LogP contribution in [0.3, 0.4) is 0 Å². The van der Waals surface area contributed by atoms with E-state index in [1.165, 1.54) is 48.3 Å². The molecule has 0 amide bonds. The Hall–Kier alpha value is -5.63. The number of halogens is 3. The molecule has 4 aromatic rings. The molecule has 0 saturated carbocycles. The maximum Gasteiger partial charge on any atom is 0.397 e. The molecule has 3 heterocycles. The molecular formula is C37H36Cl2FN9O18S5. The van der Waals surface area contributed by atoms with Gasteiger partial charge >= 0.3 is 26.6 Å². The number of hydrogen-bond acceptors (Lipinski definition) is 24. The summed E-state index contributed by atoms with van der Waals surface area (Å²) in [4.78, 5) is 21.0. The number of anilines is 5. The Bertz CT molecular complexity index is 3670. The first-order valence-corrected chi connectivity index (χ1v) is 27.9. The lowest BCUT2D eigenvalue weighted by molar-refractivity contribution is 0.246. The molecule has 35 heteroatoms. The van der Waals surface area contributed by atoms with Crippen LogP contribution in [0.4, 0.5) is 33.1 Å². The van der Waals surface area contributed by atoms with Crippen molar-refractivity contribution >= 4 is 115 Å². The summed E-state index contributed by atoms with van der Waals surface area (Å²) in [6.45, 7) is 4.72. The summed E-state index contributed by atoms with van der Waals surface area (Å²) in [7, 11) is -17.7. The Kier molecular flexibility index (Phi) is 15.3. The summed E-state index contributed by atoms with van der Waals surface area (Å²) in [5.41, 5.74) is -0.946. The van der Waals surface area contributed by atoms with E-state index in [9.17, 15) is 60.8 Å². The van der Waals surface area contributed by atoms with Gasteiger partial charge in [0.25, 0.3) is 21.3 Å². The van der Waals surface area contributed by atoms with E-state index in [-0.39, 0.29) is 91.6 Å². The normalized spacial score (nSPS) is 13.6. The molecule has 8 N–H and O–H groups in total. The molecule has 3 aliphatic rings. The van der Waals surface area contributed by atoms with Gasteiger partial charge in [0.2, 0.25) is 11.8 Å². The van der Waals surface area contributed by atoms with E-state index in [1.54, 1.807) is 11.8 Å². The molecule has 1 aliphatic carbocycles. The van der Waals surface area contributed by atoms with Gasteiger partial charge in [0.15, 0.2) is 48.3 Å². The molecule has 0 fully saturated rings. The predicted octanol–water partition coefficient (Wildman–Crippen LogP) is 5.73. The van der Waals surface area contributed by atoms with E-state index in [1.807, 2.05) is 0 Å². The van der Waals surface area contributed by atoms with Crippen LogP contribution in [0.25, 0.3) is 22.6 Å². The number of rotatable bonds is 19. The number of nitrogens with zero attached hydrogens (tertiary/aromatic N) is 7. The van der Waals surface area contributed by atoms with Crippen LogP contribution in [0.15, 0.2) is 85.1 Å². The summed E-state index contributed by atoms with van der Waals surface area (Å²) in [5.74, 6) is -3.30. The molecule has 2 aliphatic heterocycles. The predicted molar refractivity (Wildman–Crippen MR) is 255 cm³/mol. The first-order chi connectivity index (χ1) is 33.4. The smallest absolute Gasteiger partial charge is 0.397 e. The molecule has 0 unspecified atom stereocenters. The van der Waals surface area contributed by atoms with Crippen molar-refractivity contribution in [1.82, 2.24) is 24.8 Å². The number of hydrogen-bond donors (Lipinski definition) is 8. The molecule has 7 rings (SSSR count). The molecule has 0 radical (unpaired) electrons. The van der Waals surface area contributed by atoms with E-state index in [2.05, 4.69) is 50.5 Å². The second kappa shape index (κ2) is 20.3. The molecule has 3 aromatic carbocycles. The van der Waals surface area contributed by atoms with Crippen molar-refractivity contribution in [2.45, 2.75) is 28.2 Å². The van der Waals surface area contributed by atoms with Crippen LogP contribution in [0.2, 0.25) is 10.0 Å². The van der Waals surface area contributed by atoms with Crippen LogP contribution >= 0.6 is 34.4 Å². The van der Waals surface area contributed by atoms with Gasteiger partial charge in [0.05, 0.1) is 40.5 Å². The Morgan fingerprint density at radius 3 is 2.17 bits per heavy atom. The van der Waals surface area contributed by atoms with Gasteiger partial charge < -0.3 is 28.9 Å². The number of nitrogens with one attached hydrogen (secondary N) is 2. The lowest BCUT2D eigenvalue weighted by atomic mass is 10.1. The highest BCUT2D eigenvalue weighted by molar-refractivity contribution is 8.15. The summed E-state index contributed by atoms with van der Waals surface area (Å²) in [6.07, 6.45) is -1.15. The quantitative estimate of drug-likeness (QED) is 0.0272. The fraction of sp³-hybridized carbons (Fsp3) is 0.216. The van der Waals surface area contributed by atoms with Gasteiger partial charge in [-0.05, 0) is 61.7 Å². The van der Waals surface area contributed by atoms with Crippen molar-refractivity contribution in [3.05, 3.63) is 88.3 Å². The summed E-state index contributed by atoms with van der Waals surface area (Å²) in [6, 6.07) is 9.86. The molecule has 0 atom stereocenters. The van der Waals surface area contributed by atoms with Crippen molar-refractivity contribution in [3.8, 4) is 23.0 Å². The van der Waals surface area contributed by atoms with E-state index in [0.29, 0.717) is 6.54 Å². The van der Waals surface area contributed by atoms with Crippen LogP contribution in [0.1, 0.15) is 12.7 Å². The number of benzene rings is 4. The van der Waals surface area contributed by atoms with Gasteiger partial charge in [-0.25, -0.2) is 22.6 Å². The Morgan fingerprint density at radius 1 is 0.861 bits per heavy atom. The summed E-state index contributed by atoms with van der Waals surface area (Å²) < 4.78 is 190. The average Bonchev–Trinajstić information content (AvgIpc) is 3.26. The molecule has 0 spiro atoms. The third-order valence-electron chi connectivity index (χ3n) is 9.98. The van der Waals surface area contributed by atoms with Crippen molar-refractivity contribution in [1.29, 1.82) is 0 Å². The van der Waals surface area contributed by atoms with Crippen LogP contribution in [-0.4, -0.2) is 125 Å². The molecule has 388 valence electrons. The van der Waals surface area contributed by atoms with E-state index in [4.69, 9.17) is 36.9 Å². The molecule has 0 saturated heterocycles. The minimum absolute atomic E-state index is 0.0326. The number of likely N-dealkylation sites (N-methyl/N-ethyl adjacent to an activating group) is 2. The first kappa shape index (κ1) is 54.2. The number of fused-ring (bicyclic) bond motifs is 4. The lowest BCUT2D eigenvalue weighted by Gasteiger charge is -2.30. The monoisotopic (exact) mass is 1140 g/mol. The third-order valence-corrected chi connectivity index (χ3v) is 15.1. The topological polar surface area (TPSA) is 393 Å². The molecule has 1 aromatic heterocycles. The van der Waals surface area contributed by atoms with Gasteiger partial charge in [-0.2, -0.15) is 44.6 Å². The standard InChI is InChI=1S/C37H36Cl2FN9O18S5/c1-4-49(17-25-45-36(40)47-37(46-25)42-19-5-7-20(8-6-19)68(50,51)16-15-64-71(58,59)60)14-13-48(3)24-12-11-22-31(35(24)70(55,56)57)66-33-27(39)28-32(26(38)29(33)44-22)65-30-21(43-28)9-10-23(34(30)69(52,53)54)41-18(2)67-72(61,62)63/h5-12,44,61-63H,2,4,13-17H2,1,3H3,(H,52,53,54)(H,55,56,57)(H,58,59,60)(H,42,45,46,47). The lowest BCUT2D eigenvalue weighted by Crippen LogP contribution is -2.34. The molecule has 27 nitrogen and oxygen atoms in total. The van der Waals surface area contributed by atoms with Crippen molar-refractivity contribution in [2.24, 2.45) is 4.99 Å². The van der Waals surface area contributed by atoms with Crippen molar-refractivity contribution in [2.75, 3.05) is 54.6 Å². The Labute approximate surface area is 419 Å². The summed E-state index contributed by atoms with van der Waals surface area (Å²) >= 11 is 8.92. The van der Waals surface area contributed by atoms with Gasteiger partial charge in [-0.3, -0.25) is 32.2 Å². The first-order valence-electron chi connectivity index (χ1n) is 19.8. The second-order valence-corrected chi connectivity index (χ2v) is 22.6. The zero-order valence-corrected chi connectivity index (χ0v) is 42.1. The maximum atomic E-state index is 14.7. The largest absolute Gasteiger partial charge is 0.450 e. The highest BCUT2D eigenvalue weighted by Gasteiger charge is 2.35. The number of ether oxygens (including phenoxy) is 1. The van der Waals surface area contributed by atoms with Crippen LogP contribution in [0.5, 0.6) is 11.5 Å². The Balaban J connectivity index is 1.12. The minimum Gasteiger partial charge on any atom is -0.450 e. The highest BCUT2D eigenvalue weighted by Crippen LogP contribution is 2.55. The fourth-order valence-electron chi connectivity index (χ4n) is 6.86. The molecule has 72 heavy (non-hydrogen) atoms. The van der Waals surface area contributed by atoms with E-state index >= 15 is 0 Å². The fourth-order valence-corrected chi connectivity index (χ4v) is 10.8. The zero-order valence-electron chi connectivity index (χ0n) is 36.5. The Morgan fingerprint density at radius 2 is 1.54 bits per heavy atom. The van der Waals surface area contributed by atoms with Crippen molar-refractivity contribution < 1.29 is 82.9 Å². The minimum atomic E-state index is -5.24. The van der Waals surface area contributed by atoms with Crippen LogP contribution in [-0.2, 0) is 55.4 Å².